The topological polar surface area (TPSA) is 138 Å². The lowest BCUT2D eigenvalue weighted by Gasteiger charge is -2.18. The van der Waals surface area contributed by atoms with E-state index in [-0.39, 0.29) is 18.4 Å². The first-order chi connectivity index (χ1) is 16.1. The fourth-order valence-electron chi connectivity index (χ4n) is 3.34. The molecular formula is C23H28N6O4. The van der Waals surface area contributed by atoms with Crippen LogP contribution >= 0.6 is 0 Å². The number of carbonyl (C=O) groups excluding carboxylic acids is 3. The van der Waals surface area contributed by atoms with Gasteiger partial charge >= 0.3 is 0 Å². The van der Waals surface area contributed by atoms with Crippen molar-refractivity contribution in [3.63, 3.8) is 0 Å². The minimum Gasteiger partial charge on any atom is -0.482 e. The Morgan fingerprint density at radius 2 is 2.09 bits per heavy atom. The average molecular weight is 453 g/mol. The Balaban J connectivity index is 0.000000454. The number of nitrogens with zero attached hydrogens (tertiary/aromatic N) is 2. The SMILES string of the molecule is CCCNC=O.CCCc1c[nH]c2c(C(=O)NCc3ccc4c(c3)NC(=O)CO4)ncnc12. The van der Waals surface area contributed by atoms with Gasteiger partial charge in [0.2, 0.25) is 6.41 Å². The molecule has 0 saturated heterocycles. The maximum absolute atomic E-state index is 12.6. The number of anilines is 1. The molecule has 1 aliphatic heterocycles. The number of fused-ring (bicyclic) bond motifs is 2. The Morgan fingerprint density at radius 3 is 2.82 bits per heavy atom. The van der Waals surface area contributed by atoms with Gasteiger partial charge in [0.05, 0.1) is 16.7 Å². The van der Waals surface area contributed by atoms with E-state index in [0.29, 0.717) is 35.6 Å². The van der Waals surface area contributed by atoms with Crippen LogP contribution in [0.5, 0.6) is 5.75 Å². The van der Waals surface area contributed by atoms with Gasteiger partial charge in [-0.1, -0.05) is 26.3 Å². The standard InChI is InChI=1S/C19H19N5O3.C4H9NO/c1-2-3-12-8-20-17-16(12)22-10-23-18(17)19(26)21-7-11-4-5-14-13(6-11)24-15(25)9-27-14;1-2-3-5-4-6/h4-6,8,10,20H,2-3,7,9H2,1H3,(H,21,26)(H,24,25);4H,2-3H2,1H3,(H,5,6). The summed E-state index contributed by atoms with van der Waals surface area (Å²) in [6.45, 7) is 5.22. The molecule has 10 heteroatoms. The van der Waals surface area contributed by atoms with Crippen molar-refractivity contribution in [2.45, 2.75) is 39.7 Å². The molecule has 3 aromatic rings. The van der Waals surface area contributed by atoms with Crippen LogP contribution < -0.4 is 20.7 Å². The molecule has 0 fully saturated rings. The van der Waals surface area contributed by atoms with Crippen molar-refractivity contribution in [3.8, 4) is 5.75 Å². The number of H-pyrrole nitrogens is 1. The van der Waals surface area contributed by atoms with Gasteiger partial charge in [-0.15, -0.1) is 0 Å². The van der Waals surface area contributed by atoms with Crippen LogP contribution in [0.2, 0.25) is 0 Å². The van der Waals surface area contributed by atoms with Crippen LogP contribution in [0, 0.1) is 0 Å². The van der Waals surface area contributed by atoms with E-state index in [1.165, 1.54) is 6.33 Å². The molecule has 4 N–H and O–H groups in total. The van der Waals surface area contributed by atoms with Gasteiger partial charge in [0.1, 0.15) is 12.1 Å². The number of aromatic amines is 1. The van der Waals surface area contributed by atoms with Crippen LogP contribution in [0.4, 0.5) is 5.69 Å². The zero-order chi connectivity index (χ0) is 23.6. The summed E-state index contributed by atoms with van der Waals surface area (Å²) in [5.74, 6) is 0.143. The Hall–Kier alpha value is -3.95. The second-order valence-corrected chi connectivity index (χ2v) is 7.43. The fourth-order valence-corrected chi connectivity index (χ4v) is 3.34. The molecule has 3 heterocycles. The van der Waals surface area contributed by atoms with Gasteiger partial charge in [-0.25, -0.2) is 9.97 Å². The molecule has 0 saturated carbocycles. The minimum absolute atomic E-state index is 0.0168. The van der Waals surface area contributed by atoms with Crippen molar-refractivity contribution in [2.75, 3.05) is 18.5 Å². The lowest BCUT2D eigenvalue weighted by molar-refractivity contribution is -0.118. The van der Waals surface area contributed by atoms with Crippen LogP contribution in [0.15, 0.2) is 30.7 Å². The highest BCUT2D eigenvalue weighted by atomic mass is 16.5. The molecule has 10 nitrogen and oxygen atoms in total. The van der Waals surface area contributed by atoms with E-state index in [0.717, 1.165) is 42.5 Å². The predicted molar refractivity (Wildman–Crippen MR) is 124 cm³/mol. The second kappa shape index (κ2) is 11.6. The number of amides is 3. The number of hydrogen-bond donors (Lipinski definition) is 4. The number of ether oxygens (including phenoxy) is 1. The molecule has 1 aromatic carbocycles. The summed E-state index contributed by atoms with van der Waals surface area (Å²) in [5, 5.41) is 8.14. The molecule has 2 aromatic heterocycles. The third-order valence-corrected chi connectivity index (χ3v) is 4.88. The van der Waals surface area contributed by atoms with E-state index < -0.39 is 0 Å². The maximum atomic E-state index is 12.6. The zero-order valence-corrected chi connectivity index (χ0v) is 18.7. The number of rotatable bonds is 8. The highest BCUT2D eigenvalue weighted by Gasteiger charge is 2.18. The summed E-state index contributed by atoms with van der Waals surface area (Å²) in [6, 6.07) is 5.41. The minimum atomic E-state index is -0.287. The molecule has 0 radical (unpaired) electrons. The number of hydrogen-bond acceptors (Lipinski definition) is 6. The van der Waals surface area contributed by atoms with E-state index in [1.54, 1.807) is 12.1 Å². The van der Waals surface area contributed by atoms with E-state index in [2.05, 4.69) is 37.8 Å². The monoisotopic (exact) mass is 452 g/mol. The summed E-state index contributed by atoms with van der Waals surface area (Å²) in [7, 11) is 0. The molecule has 3 amide bonds. The Morgan fingerprint density at radius 1 is 1.24 bits per heavy atom. The van der Waals surface area contributed by atoms with Gasteiger partial charge in [0.25, 0.3) is 11.8 Å². The highest BCUT2D eigenvalue weighted by molar-refractivity contribution is 6.03. The van der Waals surface area contributed by atoms with Gasteiger partial charge < -0.3 is 25.7 Å². The number of aryl methyl sites for hydroxylation is 1. The van der Waals surface area contributed by atoms with Crippen molar-refractivity contribution in [1.82, 2.24) is 25.6 Å². The molecule has 4 rings (SSSR count). The molecule has 174 valence electrons. The normalized spacial score (nSPS) is 12.0. The van der Waals surface area contributed by atoms with Crippen molar-refractivity contribution >= 4 is 34.9 Å². The predicted octanol–water partition coefficient (Wildman–Crippen LogP) is 2.31. The lowest BCUT2D eigenvalue weighted by Crippen LogP contribution is -2.26. The second-order valence-electron chi connectivity index (χ2n) is 7.43. The first-order valence-electron chi connectivity index (χ1n) is 10.9. The Kier molecular flexibility index (Phi) is 8.34. The Bertz CT molecular complexity index is 1130. The van der Waals surface area contributed by atoms with E-state index in [4.69, 9.17) is 4.74 Å². The summed E-state index contributed by atoms with van der Waals surface area (Å²) in [4.78, 5) is 45.1. The number of carbonyl (C=O) groups is 3. The van der Waals surface area contributed by atoms with Crippen molar-refractivity contribution < 1.29 is 19.1 Å². The third-order valence-electron chi connectivity index (χ3n) is 4.88. The number of nitrogens with one attached hydrogen (secondary N) is 4. The number of benzene rings is 1. The quantitative estimate of drug-likeness (QED) is 0.306. The average Bonchev–Trinajstić information content (AvgIpc) is 3.24. The molecule has 0 unspecified atom stereocenters. The van der Waals surface area contributed by atoms with Crippen LogP contribution in [-0.4, -0.2) is 46.3 Å². The summed E-state index contributed by atoms with van der Waals surface area (Å²) >= 11 is 0. The summed E-state index contributed by atoms with van der Waals surface area (Å²) in [5.41, 5.74) is 4.27. The largest absolute Gasteiger partial charge is 0.482 e. The molecule has 0 spiro atoms. The van der Waals surface area contributed by atoms with E-state index >= 15 is 0 Å². The summed E-state index contributed by atoms with van der Waals surface area (Å²) in [6.07, 6.45) is 6.90. The lowest BCUT2D eigenvalue weighted by atomic mass is 10.1. The van der Waals surface area contributed by atoms with Crippen molar-refractivity contribution in [3.05, 3.63) is 47.5 Å². The summed E-state index contributed by atoms with van der Waals surface area (Å²) < 4.78 is 5.34. The van der Waals surface area contributed by atoms with E-state index in [9.17, 15) is 14.4 Å². The van der Waals surface area contributed by atoms with Gasteiger partial charge in [-0.05, 0) is 36.1 Å². The van der Waals surface area contributed by atoms with E-state index in [1.807, 2.05) is 19.2 Å². The molecule has 0 aliphatic carbocycles. The molecule has 33 heavy (non-hydrogen) atoms. The van der Waals surface area contributed by atoms with Gasteiger partial charge in [-0.2, -0.15) is 0 Å². The van der Waals surface area contributed by atoms with Crippen LogP contribution in [0.3, 0.4) is 0 Å². The maximum Gasteiger partial charge on any atom is 0.272 e. The fraction of sp³-hybridized carbons (Fsp3) is 0.348. The number of aromatic nitrogens is 3. The zero-order valence-electron chi connectivity index (χ0n) is 18.7. The van der Waals surface area contributed by atoms with Crippen molar-refractivity contribution in [2.24, 2.45) is 0 Å². The van der Waals surface area contributed by atoms with Gasteiger partial charge in [-0.3, -0.25) is 14.4 Å². The Labute approximate surface area is 191 Å². The van der Waals surface area contributed by atoms with Gasteiger partial charge in [0, 0.05) is 19.3 Å². The third kappa shape index (κ3) is 6.06. The van der Waals surface area contributed by atoms with Gasteiger partial charge in [0.15, 0.2) is 12.3 Å². The molecule has 0 atom stereocenters. The smallest absolute Gasteiger partial charge is 0.272 e. The molecular weight excluding hydrogens is 424 g/mol. The van der Waals surface area contributed by atoms with Crippen LogP contribution in [0.25, 0.3) is 11.0 Å². The van der Waals surface area contributed by atoms with Crippen LogP contribution in [-0.2, 0) is 22.6 Å². The first-order valence-corrected chi connectivity index (χ1v) is 10.9. The van der Waals surface area contributed by atoms with Crippen LogP contribution in [0.1, 0.15) is 48.3 Å². The van der Waals surface area contributed by atoms with Crippen molar-refractivity contribution in [1.29, 1.82) is 0 Å². The molecule has 0 bridgehead atoms. The molecule has 1 aliphatic rings. The first kappa shape index (κ1) is 23.7. The highest BCUT2D eigenvalue weighted by Crippen LogP contribution is 2.28.